The Hall–Kier alpha value is -2.77. The molecule has 2 N–H and O–H groups in total. The lowest BCUT2D eigenvalue weighted by molar-refractivity contribution is -0.135. The van der Waals surface area contributed by atoms with Crippen LogP contribution in [-0.2, 0) is 21.5 Å². The average Bonchev–Trinajstić information content (AvgIpc) is 3.18. The van der Waals surface area contributed by atoms with Gasteiger partial charge in [0.25, 0.3) is 0 Å². The van der Waals surface area contributed by atoms with Gasteiger partial charge in [-0.05, 0) is 32.3 Å². The highest BCUT2D eigenvalue weighted by atomic mass is 16.2. The number of hydrogen-bond donors (Lipinski definition) is 2. The molecule has 1 aliphatic heterocycles. The monoisotopic (exact) mass is 356 g/mol. The van der Waals surface area contributed by atoms with Gasteiger partial charge in [-0.3, -0.25) is 9.59 Å². The SMILES string of the molecule is CC(C)(NC(=O)C1CCCN(C(=O)Cc2ccccc2)C1)c1nn[nH]n1. The van der Waals surface area contributed by atoms with Crippen molar-refractivity contribution < 1.29 is 9.59 Å². The summed E-state index contributed by atoms with van der Waals surface area (Å²) in [6.07, 6.45) is 1.95. The quantitative estimate of drug-likeness (QED) is 0.833. The molecule has 138 valence electrons. The smallest absolute Gasteiger partial charge is 0.227 e. The summed E-state index contributed by atoms with van der Waals surface area (Å²) < 4.78 is 0. The Morgan fingerprint density at radius 3 is 2.77 bits per heavy atom. The second kappa shape index (κ2) is 7.63. The van der Waals surface area contributed by atoms with Crippen LogP contribution in [0.4, 0.5) is 0 Å². The summed E-state index contributed by atoms with van der Waals surface area (Å²) in [7, 11) is 0. The van der Waals surface area contributed by atoms with Gasteiger partial charge < -0.3 is 10.2 Å². The lowest BCUT2D eigenvalue weighted by atomic mass is 9.94. The van der Waals surface area contributed by atoms with E-state index in [-0.39, 0.29) is 17.7 Å². The van der Waals surface area contributed by atoms with Crippen molar-refractivity contribution in [2.45, 2.75) is 38.6 Å². The number of H-pyrrole nitrogens is 1. The minimum Gasteiger partial charge on any atom is -0.343 e. The van der Waals surface area contributed by atoms with Gasteiger partial charge in [-0.2, -0.15) is 5.21 Å². The van der Waals surface area contributed by atoms with Gasteiger partial charge in [0.2, 0.25) is 11.8 Å². The first-order chi connectivity index (χ1) is 12.5. The molecule has 2 amide bonds. The highest BCUT2D eigenvalue weighted by Gasteiger charge is 2.33. The fraction of sp³-hybridized carbons (Fsp3) is 0.500. The van der Waals surface area contributed by atoms with Crippen LogP contribution in [0.2, 0.25) is 0 Å². The first kappa shape index (κ1) is 18.0. The third kappa shape index (κ3) is 4.25. The molecule has 0 spiro atoms. The molecule has 0 radical (unpaired) electrons. The highest BCUT2D eigenvalue weighted by molar-refractivity contribution is 5.82. The maximum Gasteiger partial charge on any atom is 0.227 e. The fourth-order valence-electron chi connectivity index (χ4n) is 3.19. The molecular weight excluding hydrogens is 332 g/mol. The van der Waals surface area contributed by atoms with Crippen molar-refractivity contribution in [2.75, 3.05) is 13.1 Å². The summed E-state index contributed by atoms with van der Waals surface area (Å²) in [5.41, 5.74) is 0.266. The maximum atomic E-state index is 12.7. The molecule has 26 heavy (non-hydrogen) atoms. The number of benzene rings is 1. The van der Waals surface area contributed by atoms with E-state index in [9.17, 15) is 9.59 Å². The number of aromatic amines is 1. The van der Waals surface area contributed by atoms with Gasteiger partial charge in [0.05, 0.1) is 17.9 Å². The number of piperidine rings is 1. The zero-order chi connectivity index (χ0) is 18.6. The van der Waals surface area contributed by atoms with Crippen molar-refractivity contribution in [3.05, 3.63) is 41.7 Å². The van der Waals surface area contributed by atoms with Gasteiger partial charge in [0.15, 0.2) is 5.82 Å². The number of carbonyl (C=O) groups excluding carboxylic acids is 2. The van der Waals surface area contributed by atoms with Gasteiger partial charge >= 0.3 is 0 Å². The molecule has 1 aromatic carbocycles. The zero-order valence-electron chi connectivity index (χ0n) is 15.1. The lowest BCUT2D eigenvalue weighted by Crippen LogP contribution is -2.50. The first-order valence-electron chi connectivity index (χ1n) is 8.83. The van der Waals surface area contributed by atoms with Crippen molar-refractivity contribution >= 4 is 11.8 Å². The van der Waals surface area contributed by atoms with Crippen LogP contribution in [0.15, 0.2) is 30.3 Å². The lowest BCUT2D eigenvalue weighted by Gasteiger charge is -2.34. The normalized spacial score (nSPS) is 17.8. The minimum absolute atomic E-state index is 0.0612. The number of amides is 2. The third-order valence-corrected chi connectivity index (χ3v) is 4.68. The maximum absolute atomic E-state index is 12.7. The third-order valence-electron chi connectivity index (χ3n) is 4.68. The number of rotatable bonds is 5. The molecule has 8 nitrogen and oxygen atoms in total. The van der Waals surface area contributed by atoms with Gasteiger partial charge in [-0.25, -0.2) is 0 Å². The number of nitrogens with one attached hydrogen (secondary N) is 2. The fourth-order valence-corrected chi connectivity index (χ4v) is 3.19. The van der Waals surface area contributed by atoms with Gasteiger partial charge in [0.1, 0.15) is 0 Å². The number of hydrogen-bond acceptors (Lipinski definition) is 5. The van der Waals surface area contributed by atoms with Crippen LogP contribution in [0.5, 0.6) is 0 Å². The minimum atomic E-state index is -0.722. The molecule has 1 saturated heterocycles. The van der Waals surface area contributed by atoms with E-state index in [0.717, 1.165) is 18.4 Å². The van der Waals surface area contributed by atoms with Crippen molar-refractivity contribution in [2.24, 2.45) is 5.92 Å². The molecule has 0 bridgehead atoms. The molecule has 0 aliphatic carbocycles. The van der Waals surface area contributed by atoms with Gasteiger partial charge in [-0.15, -0.1) is 10.2 Å². The number of aromatic nitrogens is 4. The van der Waals surface area contributed by atoms with Crippen LogP contribution < -0.4 is 5.32 Å². The predicted octanol–water partition coefficient (Wildman–Crippen LogP) is 1.03. The number of carbonyl (C=O) groups is 2. The molecule has 1 atom stereocenters. The van der Waals surface area contributed by atoms with Crippen LogP contribution in [-0.4, -0.2) is 50.4 Å². The molecule has 8 heteroatoms. The first-order valence-corrected chi connectivity index (χ1v) is 8.83. The number of tetrazole rings is 1. The summed E-state index contributed by atoms with van der Waals surface area (Å²) in [6, 6.07) is 9.67. The molecule has 2 aromatic rings. The van der Waals surface area contributed by atoms with Crippen molar-refractivity contribution in [3.8, 4) is 0 Å². The van der Waals surface area contributed by atoms with Crippen molar-refractivity contribution in [1.29, 1.82) is 0 Å². The van der Waals surface area contributed by atoms with Crippen molar-refractivity contribution in [1.82, 2.24) is 30.8 Å². The van der Waals surface area contributed by atoms with Gasteiger partial charge in [-0.1, -0.05) is 35.5 Å². The Morgan fingerprint density at radius 2 is 2.08 bits per heavy atom. The molecular formula is C18H24N6O2. The Kier molecular flexibility index (Phi) is 5.29. The average molecular weight is 356 g/mol. The Balaban J connectivity index is 1.59. The summed E-state index contributed by atoms with van der Waals surface area (Å²) in [4.78, 5) is 27.1. The topological polar surface area (TPSA) is 104 Å². The number of nitrogens with zero attached hydrogens (tertiary/aromatic N) is 4. The Bertz CT molecular complexity index is 744. The molecule has 1 unspecified atom stereocenters. The van der Waals surface area contributed by atoms with E-state index in [2.05, 4.69) is 25.9 Å². The second-order valence-electron chi connectivity index (χ2n) is 7.19. The Morgan fingerprint density at radius 1 is 1.31 bits per heavy atom. The molecule has 2 heterocycles. The van der Waals surface area contributed by atoms with E-state index >= 15 is 0 Å². The van der Waals surface area contributed by atoms with Crippen LogP contribution in [0.1, 0.15) is 38.1 Å². The summed E-state index contributed by atoms with van der Waals surface area (Å²) in [5.74, 6) is 0.177. The largest absolute Gasteiger partial charge is 0.343 e. The van der Waals surface area contributed by atoms with Crippen LogP contribution in [0.3, 0.4) is 0 Å². The van der Waals surface area contributed by atoms with E-state index in [0.29, 0.717) is 25.3 Å². The molecule has 1 aromatic heterocycles. The molecule has 1 aliphatic rings. The standard InChI is InChI=1S/C18H24N6O2/c1-18(2,17-20-22-23-21-17)19-16(26)14-9-6-10-24(12-14)15(25)11-13-7-4-3-5-8-13/h3-5,7-8,14H,6,9-12H2,1-2H3,(H,19,26)(H,20,21,22,23). The summed E-state index contributed by atoms with van der Waals surface area (Å²) in [5, 5.41) is 16.8. The van der Waals surface area contributed by atoms with Gasteiger partial charge in [0, 0.05) is 13.1 Å². The Labute approximate surface area is 152 Å². The molecule has 3 rings (SSSR count). The van der Waals surface area contributed by atoms with E-state index in [1.54, 1.807) is 4.90 Å². The molecule has 1 fully saturated rings. The van der Waals surface area contributed by atoms with Crippen LogP contribution in [0, 0.1) is 5.92 Å². The van der Waals surface area contributed by atoms with Crippen molar-refractivity contribution in [3.63, 3.8) is 0 Å². The van der Waals surface area contributed by atoms with E-state index in [4.69, 9.17) is 0 Å². The van der Waals surface area contributed by atoms with Crippen LogP contribution in [0.25, 0.3) is 0 Å². The summed E-state index contributed by atoms with van der Waals surface area (Å²) in [6.45, 7) is 4.80. The highest BCUT2D eigenvalue weighted by Crippen LogP contribution is 2.21. The van der Waals surface area contributed by atoms with E-state index in [1.807, 2.05) is 44.2 Å². The molecule has 0 saturated carbocycles. The summed E-state index contributed by atoms with van der Waals surface area (Å²) >= 11 is 0. The predicted molar refractivity (Wildman–Crippen MR) is 94.8 cm³/mol. The van der Waals surface area contributed by atoms with E-state index < -0.39 is 5.54 Å². The van der Waals surface area contributed by atoms with E-state index in [1.165, 1.54) is 0 Å². The number of likely N-dealkylation sites (tertiary alicyclic amines) is 1. The zero-order valence-corrected chi connectivity index (χ0v) is 15.1. The second-order valence-corrected chi connectivity index (χ2v) is 7.19. The van der Waals surface area contributed by atoms with Crippen LogP contribution >= 0.6 is 0 Å².